The summed E-state index contributed by atoms with van der Waals surface area (Å²) in [5.74, 6) is -3.46. The molecule has 0 radical (unpaired) electrons. The first kappa shape index (κ1) is 28.5. The lowest BCUT2D eigenvalue weighted by Crippen LogP contribution is -2.35. The normalized spacial score (nSPS) is 15.1. The molecule has 0 spiro atoms. The Morgan fingerprint density at radius 1 is 1.24 bits per heavy atom. The summed E-state index contributed by atoms with van der Waals surface area (Å²) >= 11 is 0. The van der Waals surface area contributed by atoms with E-state index in [1.165, 1.54) is 31.6 Å². The molecule has 0 fully saturated rings. The number of nitrogen functional groups attached to an aromatic ring is 1. The van der Waals surface area contributed by atoms with Gasteiger partial charge in [-0.3, -0.25) is 20.3 Å². The SMILES string of the molecule is CN1C=C(c2ccc(N)c([N+](=O)[O-])c2Oc2ccc(F)cc2F)/C(=C/NCOCC[Si](C)(C)C)C(=N)C1=O. The van der Waals surface area contributed by atoms with Gasteiger partial charge in [-0.1, -0.05) is 19.6 Å². The molecule has 13 heteroatoms. The van der Waals surface area contributed by atoms with Crippen LogP contribution < -0.4 is 15.8 Å². The molecule has 0 atom stereocenters. The molecule has 0 aromatic heterocycles. The van der Waals surface area contributed by atoms with Gasteiger partial charge < -0.3 is 25.4 Å². The Bertz CT molecular complexity index is 1340. The number of carbonyl (C=O) groups excluding carboxylic acids is 1. The van der Waals surface area contributed by atoms with E-state index in [-0.39, 0.29) is 29.1 Å². The number of nitrogens with two attached hydrogens (primary N) is 1. The summed E-state index contributed by atoms with van der Waals surface area (Å²) in [5, 5.41) is 23.3. The highest BCUT2D eigenvalue weighted by molar-refractivity contribution is 6.76. The summed E-state index contributed by atoms with van der Waals surface area (Å²) in [5.41, 5.74) is 4.93. The zero-order valence-electron chi connectivity index (χ0n) is 21.4. The van der Waals surface area contributed by atoms with E-state index in [0.717, 1.165) is 23.1 Å². The summed E-state index contributed by atoms with van der Waals surface area (Å²) in [6.07, 6.45) is 2.78. The van der Waals surface area contributed by atoms with Crippen LogP contribution in [0.5, 0.6) is 11.5 Å². The van der Waals surface area contributed by atoms with E-state index < -0.39 is 53.4 Å². The van der Waals surface area contributed by atoms with Crippen molar-refractivity contribution < 1.29 is 28.0 Å². The smallest absolute Gasteiger partial charge is 0.334 e. The van der Waals surface area contributed by atoms with E-state index >= 15 is 0 Å². The van der Waals surface area contributed by atoms with Crippen LogP contribution in [0, 0.1) is 27.2 Å². The molecule has 0 aliphatic carbocycles. The Hall–Kier alpha value is -4.10. The predicted molar refractivity (Wildman–Crippen MR) is 143 cm³/mol. The number of allylic oxidation sites excluding steroid dienone is 1. The van der Waals surface area contributed by atoms with E-state index in [1.54, 1.807) is 0 Å². The average Bonchev–Trinajstić information content (AvgIpc) is 2.82. The third-order valence-electron chi connectivity index (χ3n) is 5.59. The van der Waals surface area contributed by atoms with E-state index in [0.29, 0.717) is 12.7 Å². The molecule has 3 rings (SSSR count). The Morgan fingerprint density at radius 2 is 1.95 bits per heavy atom. The number of hydrogen-bond acceptors (Lipinski definition) is 8. The van der Waals surface area contributed by atoms with Crippen LogP contribution in [0.4, 0.5) is 20.2 Å². The van der Waals surface area contributed by atoms with Gasteiger partial charge in [0.15, 0.2) is 11.6 Å². The fourth-order valence-electron chi connectivity index (χ4n) is 3.52. The maximum absolute atomic E-state index is 14.4. The molecule has 0 unspecified atom stereocenters. The van der Waals surface area contributed by atoms with Crippen LogP contribution in [0.1, 0.15) is 5.56 Å². The number of rotatable bonds is 10. The maximum atomic E-state index is 14.4. The van der Waals surface area contributed by atoms with Gasteiger partial charge in [0, 0.05) is 56.9 Å². The lowest BCUT2D eigenvalue weighted by atomic mass is 9.91. The molecule has 0 bridgehead atoms. The monoisotopic (exact) mass is 545 g/mol. The molecule has 1 aliphatic heterocycles. The van der Waals surface area contributed by atoms with Crippen LogP contribution in [0.3, 0.4) is 0 Å². The number of halogens is 2. The highest BCUT2D eigenvalue weighted by Crippen LogP contribution is 2.45. The van der Waals surface area contributed by atoms with Gasteiger partial charge in [0.05, 0.1) is 4.92 Å². The largest absolute Gasteiger partial charge is 0.446 e. The Labute approximate surface area is 219 Å². The number of nitro benzene ring substituents is 1. The van der Waals surface area contributed by atoms with Crippen LogP contribution >= 0.6 is 0 Å². The minimum absolute atomic E-state index is 0.0615. The first-order valence-corrected chi connectivity index (χ1v) is 15.3. The Morgan fingerprint density at radius 3 is 2.58 bits per heavy atom. The highest BCUT2D eigenvalue weighted by atomic mass is 28.3. The first-order chi connectivity index (χ1) is 17.8. The predicted octanol–water partition coefficient (Wildman–Crippen LogP) is 4.87. The second-order valence-electron chi connectivity index (χ2n) is 9.77. The molecule has 0 saturated heterocycles. The molecule has 202 valence electrons. The van der Waals surface area contributed by atoms with Crippen molar-refractivity contribution >= 4 is 36.6 Å². The fraction of sp³-hybridized carbons (Fsp3) is 0.280. The number of nitrogens with zero attached hydrogens (tertiary/aromatic N) is 2. The third-order valence-corrected chi connectivity index (χ3v) is 7.29. The van der Waals surface area contributed by atoms with Crippen molar-refractivity contribution in [1.82, 2.24) is 10.2 Å². The summed E-state index contributed by atoms with van der Waals surface area (Å²) < 4.78 is 39.1. The third kappa shape index (κ3) is 6.61. The van der Waals surface area contributed by atoms with E-state index in [9.17, 15) is 23.7 Å². The standard InChI is InChI=1S/C25H29F2N5O5Si/c1-31-13-18(17(22(29)25(31)33)12-30-14-36-9-10-38(2,3)4)16-6-7-20(28)23(32(34)35)24(16)37-21-8-5-15(26)11-19(21)27/h5-8,11-13,29-30H,9-10,14,28H2,1-4H3/b17-12-,29-22?. The van der Waals surface area contributed by atoms with Gasteiger partial charge >= 0.3 is 5.69 Å². The molecule has 1 heterocycles. The number of benzene rings is 2. The van der Waals surface area contributed by atoms with E-state index in [4.69, 9.17) is 20.6 Å². The number of hydrogen-bond donors (Lipinski definition) is 3. The Kier molecular flexibility index (Phi) is 8.63. The molecular formula is C25H29F2N5O5Si. The van der Waals surface area contributed by atoms with Gasteiger partial charge in [0.2, 0.25) is 5.75 Å². The van der Waals surface area contributed by atoms with Gasteiger partial charge in [-0.15, -0.1) is 0 Å². The summed E-state index contributed by atoms with van der Waals surface area (Å²) in [7, 11) is 0.137. The molecule has 2 aromatic carbocycles. The van der Waals surface area contributed by atoms with Crippen LogP contribution in [0.25, 0.3) is 5.57 Å². The van der Waals surface area contributed by atoms with Crippen LogP contribution in [0.2, 0.25) is 25.7 Å². The lowest BCUT2D eigenvalue weighted by molar-refractivity contribution is -0.384. The molecule has 0 saturated carbocycles. The molecule has 1 amide bonds. The van der Waals surface area contributed by atoms with Gasteiger partial charge in [0.25, 0.3) is 5.91 Å². The van der Waals surface area contributed by atoms with Crippen molar-refractivity contribution in [3.63, 3.8) is 0 Å². The fourth-order valence-corrected chi connectivity index (χ4v) is 4.28. The number of anilines is 1. The second kappa shape index (κ2) is 11.5. The maximum Gasteiger partial charge on any atom is 0.334 e. The number of nitrogens with one attached hydrogen (secondary N) is 2. The number of amides is 1. The van der Waals surface area contributed by atoms with Gasteiger partial charge in [-0.2, -0.15) is 0 Å². The second-order valence-corrected chi connectivity index (χ2v) is 15.4. The van der Waals surface area contributed by atoms with Crippen molar-refractivity contribution in [3.8, 4) is 11.5 Å². The number of ether oxygens (including phenoxy) is 2. The molecule has 38 heavy (non-hydrogen) atoms. The molecule has 10 nitrogen and oxygen atoms in total. The number of carbonyl (C=O) groups is 1. The Balaban J connectivity index is 2.06. The van der Waals surface area contributed by atoms with Crippen molar-refractivity contribution in [1.29, 1.82) is 5.41 Å². The lowest BCUT2D eigenvalue weighted by Gasteiger charge is -2.26. The van der Waals surface area contributed by atoms with E-state index in [1.807, 2.05) is 0 Å². The van der Waals surface area contributed by atoms with Crippen molar-refractivity contribution in [3.05, 3.63) is 75.6 Å². The quantitative estimate of drug-likeness (QED) is 0.0965. The molecule has 2 aromatic rings. The van der Waals surface area contributed by atoms with Gasteiger partial charge in [-0.05, 0) is 30.3 Å². The van der Waals surface area contributed by atoms with Crippen LogP contribution in [-0.2, 0) is 9.53 Å². The molecule has 4 N–H and O–H groups in total. The topological polar surface area (TPSA) is 144 Å². The van der Waals surface area contributed by atoms with E-state index in [2.05, 4.69) is 25.0 Å². The van der Waals surface area contributed by atoms with Crippen LogP contribution in [0.15, 0.2) is 48.3 Å². The highest BCUT2D eigenvalue weighted by Gasteiger charge is 2.33. The number of nitro groups is 1. The first-order valence-electron chi connectivity index (χ1n) is 11.6. The van der Waals surface area contributed by atoms with Gasteiger partial charge in [0.1, 0.15) is 23.9 Å². The summed E-state index contributed by atoms with van der Waals surface area (Å²) in [6, 6.07) is 6.13. The van der Waals surface area contributed by atoms with Crippen molar-refractivity contribution in [2.45, 2.75) is 25.7 Å². The molecular weight excluding hydrogens is 516 g/mol. The van der Waals surface area contributed by atoms with Crippen molar-refractivity contribution in [2.24, 2.45) is 0 Å². The zero-order chi connectivity index (χ0) is 28.2. The minimum atomic E-state index is -1.29. The van der Waals surface area contributed by atoms with Crippen LogP contribution in [-0.4, -0.2) is 49.9 Å². The average molecular weight is 546 g/mol. The van der Waals surface area contributed by atoms with Crippen molar-refractivity contribution in [2.75, 3.05) is 26.1 Å². The minimum Gasteiger partial charge on any atom is -0.446 e. The summed E-state index contributed by atoms with van der Waals surface area (Å²) in [6.45, 7) is 7.30. The molecule has 1 aliphatic rings. The summed E-state index contributed by atoms with van der Waals surface area (Å²) in [4.78, 5) is 24.9. The van der Waals surface area contributed by atoms with Gasteiger partial charge in [-0.25, -0.2) is 8.78 Å². The zero-order valence-corrected chi connectivity index (χ0v) is 22.4.